The molecule has 0 radical (unpaired) electrons. The van der Waals surface area contributed by atoms with Crippen LogP contribution in [0.4, 0.5) is 0 Å². The van der Waals surface area contributed by atoms with E-state index in [1.54, 1.807) is 30.3 Å². The summed E-state index contributed by atoms with van der Waals surface area (Å²) in [6.07, 6.45) is 1.37. The Balaban J connectivity index is 2.15. The highest BCUT2D eigenvalue weighted by atomic mass is 35.5. The van der Waals surface area contributed by atoms with E-state index in [0.29, 0.717) is 27.2 Å². The first-order chi connectivity index (χ1) is 9.10. The zero-order valence-corrected chi connectivity index (χ0v) is 11.4. The zero-order valence-electron chi connectivity index (χ0n) is 9.89. The molecular formula is C13H9Cl2NO3. The number of esters is 1. The number of nitrogens with zero attached hydrogens (tertiary/aromatic N) is 1. The van der Waals surface area contributed by atoms with Gasteiger partial charge in [-0.25, -0.2) is 9.78 Å². The van der Waals surface area contributed by atoms with Crippen molar-refractivity contribution in [3.8, 4) is 11.6 Å². The lowest BCUT2D eigenvalue weighted by Gasteiger charge is -2.06. The quantitative estimate of drug-likeness (QED) is 0.804. The van der Waals surface area contributed by atoms with Gasteiger partial charge in [-0.1, -0.05) is 23.2 Å². The number of rotatable bonds is 3. The molecule has 0 bridgehead atoms. The van der Waals surface area contributed by atoms with Crippen molar-refractivity contribution in [2.45, 2.75) is 0 Å². The molecule has 1 heterocycles. The Morgan fingerprint density at radius 3 is 2.53 bits per heavy atom. The first kappa shape index (κ1) is 13.6. The van der Waals surface area contributed by atoms with E-state index in [0.717, 1.165) is 0 Å². The Hall–Kier alpha value is -1.78. The highest BCUT2D eigenvalue weighted by Crippen LogP contribution is 2.28. The highest BCUT2D eigenvalue weighted by Gasteiger charge is 2.07. The Labute approximate surface area is 119 Å². The van der Waals surface area contributed by atoms with Crippen molar-refractivity contribution < 1.29 is 14.3 Å². The second-order valence-electron chi connectivity index (χ2n) is 3.55. The standard InChI is InChI=1S/C13H9Cl2NO3/c1-18-13(17)8-2-5-12(16-7-8)19-9-3-4-10(14)11(15)6-9/h2-7H,1H3. The van der Waals surface area contributed by atoms with E-state index in [4.69, 9.17) is 27.9 Å². The molecule has 0 aliphatic heterocycles. The fourth-order valence-corrected chi connectivity index (χ4v) is 1.63. The average Bonchev–Trinajstić information content (AvgIpc) is 2.43. The lowest BCUT2D eigenvalue weighted by molar-refractivity contribution is 0.0600. The minimum atomic E-state index is -0.450. The van der Waals surface area contributed by atoms with Crippen LogP contribution in [-0.2, 0) is 4.74 Å². The monoisotopic (exact) mass is 297 g/mol. The van der Waals surface area contributed by atoms with Gasteiger partial charge in [-0.05, 0) is 18.2 Å². The van der Waals surface area contributed by atoms with Gasteiger partial charge >= 0.3 is 5.97 Å². The minimum Gasteiger partial charge on any atom is -0.465 e. The van der Waals surface area contributed by atoms with E-state index in [-0.39, 0.29) is 0 Å². The van der Waals surface area contributed by atoms with Crippen LogP contribution in [0.3, 0.4) is 0 Å². The van der Waals surface area contributed by atoms with E-state index >= 15 is 0 Å². The van der Waals surface area contributed by atoms with Gasteiger partial charge in [-0.15, -0.1) is 0 Å². The summed E-state index contributed by atoms with van der Waals surface area (Å²) in [5.41, 5.74) is 0.351. The number of benzene rings is 1. The van der Waals surface area contributed by atoms with Crippen molar-refractivity contribution in [3.05, 3.63) is 52.1 Å². The molecule has 0 saturated heterocycles. The fraction of sp³-hybridized carbons (Fsp3) is 0.0769. The van der Waals surface area contributed by atoms with Gasteiger partial charge in [0.2, 0.25) is 5.88 Å². The molecule has 0 unspecified atom stereocenters. The predicted octanol–water partition coefficient (Wildman–Crippen LogP) is 3.97. The Kier molecular flexibility index (Phi) is 4.24. The average molecular weight is 298 g/mol. The number of halogens is 2. The van der Waals surface area contributed by atoms with Gasteiger partial charge in [0.25, 0.3) is 0 Å². The first-order valence-electron chi connectivity index (χ1n) is 5.27. The predicted molar refractivity (Wildman–Crippen MR) is 72.1 cm³/mol. The number of carbonyl (C=O) groups excluding carboxylic acids is 1. The summed E-state index contributed by atoms with van der Waals surface area (Å²) in [6.45, 7) is 0. The SMILES string of the molecule is COC(=O)c1ccc(Oc2ccc(Cl)c(Cl)c2)nc1. The maximum absolute atomic E-state index is 11.2. The van der Waals surface area contributed by atoms with Crippen LogP contribution in [0.25, 0.3) is 0 Å². The van der Waals surface area contributed by atoms with Crippen molar-refractivity contribution in [2.75, 3.05) is 7.11 Å². The normalized spacial score (nSPS) is 10.1. The van der Waals surface area contributed by atoms with Crippen molar-refractivity contribution in [1.82, 2.24) is 4.98 Å². The molecule has 0 saturated carbocycles. The van der Waals surface area contributed by atoms with Gasteiger partial charge in [-0.2, -0.15) is 0 Å². The van der Waals surface area contributed by atoms with Gasteiger partial charge in [0.1, 0.15) is 5.75 Å². The summed E-state index contributed by atoms with van der Waals surface area (Å²) >= 11 is 11.7. The molecule has 0 fully saturated rings. The third kappa shape index (κ3) is 3.36. The summed E-state index contributed by atoms with van der Waals surface area (Å²) in [4.78, 5) is 15.2. The molecule has 0 aliphatic rings. The third-order valence-electron chi connectivity index (χ3n) is 2.27. The van der Waals surface area contributed by atoms with E-state index in [2.05, 4.69) is 9.72 Å². The molecule has 0 aliphatic carbocycles. The maximum atomic E-state index is 11.2. The number of hydrogen-bond acceptors (Lipinski definition) is 4. The fourth-order valence-electron chi connectivity index (χ4n) is 1.34. The number of carbonyl (C=O) groups is 1. The Bertz CT molecular complexity index is 599. The number of methoxy groups -OCH3 is 1. The van der Waals surface area contributed by atoms with E-state index in [1.807, 2.05) is 0 Å². The third-order valence-corrected chi connectivity index (χ3v) is 3.01. The number of aromatic nitrogens is 1. The lowest BCUT2D eigenvalue weighted by atomic mass is 10.3. The summed E-state index contributed by atoms with van der Waals surface area (Å²) in [5, 5.41) is 0.841. The van der Waals surface area contributed by atoms with Crippen molar-refractivity contribution >= 4 is 29.2 Å². The van der Waals surface area contributed by atoms with Crippen molar-refractivity contribution in [2.24, 2.45) is 0 Å². The lowest BCUT2D eigenvalue weighted by Crippen LogP contribution is -2.01. The van der Waals surface area contributed by atoms with Gasteiger partial charge in [0.05, 0.1) is 22.7 Å². The molecule has 19 heavy (non-hydrogen) atoms. The molecule has 1 aromatic heterocycles. The zero-order chi connectivity index (χ0) is 13.8. The number of ether oxygens (including phenoxy) is 2. The Morgan fingerprint density at radius 2 is 1.95 bits per heavy atom. The summed E-state index contributed by atoms with van der Waals surface area (Å²) in [5.74, 6) is 0.396. The molecule has 1 aromatic carbocycles. The molecule has 0 N–H and O–H groups in total. The molecule has 6 heteroatoms. The van der Waals surface area contributed by atoms with Crippen LogP contribution in [0.2, 0.25) is 10.0 Å². The molecule has 0 spiro atoms. The van der Waals surface area contributed by atoms with Crippen LogP contribution < -0.4 is 4.74 Å². The molecule has 2 rings (SSSR count). The van der Waals surface area contributed by atoms with Gasteiger partial charge < -0.3 is 9.47 Å². The first-order valence-corrected chi connectivity index (χ1v) is 6.03. The summed E-state index contributed by atoms with van der Waals surface area (Å²) < 4.78 is 10.0. The van der Waals surface area contributed by atoms with Gasteiger partial charge in [0.15, 0.2) is 0 Å². The summed E-state index contributed by atoms with van der Waals surface area (Å²) in [6, 6.07) is 8.01. The molecule has 0 amide bonds. The van der Waals surface area contributed by atoms with E-state index < -0.39 is 5.97 Å². The van der Waals surface area contributed by atoms with Crippen molar-refractivity contribution in [3.63, 3.8) is 0 Å². The maximum Gasteiger partial charge on any atom is 0.339 e. The van der Waals surface area contributed by atoms with Gasteiger partial charge in [0, 0.05) is 18.3 Å². The van der Waals surface area contributed by atoms with Crippen LogP contribution in [0.1, 0.15) is 10.4 Å². The second-order valence-corrected chi connectivity index (χ2v) is 4.37. The topological polar surface area (TPSA) is 48.4 Å². The minimum absolute atomic E-state index is 0.339. The van der Waals surface area contributed by atoms with Crippen LogP contribution in [0.5, 0.6) is 11.6 Å². The molecule has 98 valence electrons. The Morgan fingerprint density at radius 1 is 1.16 bits per heavy atom. The highest BCUT2D eigenvalue weighted by molar-refractivity contribution is 6.42. The van der Waals surface area contributed by atoms with Gasteiger partial charge in [-0.3, -0.25) is 0 Å². The largest absolute Gasteiger partial charge is 0.465 e. The van der Waals surface area contributed by atoms with Crippen LogP contribution in [0, 0.1) is 0 Å². The molecule has 2 aromatic rings. The smallest absolute Gasteiger partial charge is 0.339 e. The number of pyridine rings is 1. The molecule has 4 nitrogen and oxygen atoms in total. The molecular weight excluding hydrogens is 289 g/mol. The van der Waals surface area contributed by atoms with E-state index in [1.165, 1.54) is 13.3 Å². The van der Waals surface area contributed by atoms with E-state index in [9.17, 15) is 4.79 Å². The molecule has 0 atom stereocenters. The summed E-state index contributed by atoms with van der Waals surface area (Å²) in [7, 11) is 1.31. The van der Waals surface area contributed by atoms with Crippen LogP contribution in [0.15, 0.2) is 36.5 Å². The second kappa shape index (κ2) is 5.91. The van der Waals surface area contributed by atoms with Crippen molar-refractivity contribution in [1.29, 1.82) is 0 Å². The van der Waals surface area contributed by atoms with Crippen LogP contribution >= 0.6 is 23.2 Å². The number of hydrogen-bond donors (Lipinski definition) is 0. The van der Waals surface area contributed by atoms with Crippen LogP contribution in [-0.4, -0.2) is 18.1 Å².